The highest BCUT2D eigenvalue weighted by Gasteiger charge is 2.16. The maximum atomic E-state index is 10.9. The summed E-state index contributed by atoms with van der Waals surface area (Å²) in [4.78, 5) is 11.7. The fourth-order valence-corrected chi connectivity index (χ4v) is 2.71. The fourth-order valence-electron chi connectivity index (χ4n) is 1.46. The molecule has 0 aliphatic rings. The van der Waals surface area contributed by atoms with Crippen LogP contribution in [0.1, 0.15) is 0 Å². The Hall–Kier alpha value is -1.72. The van der Waals surface area contributed by atoms with Gasteiger partial charge in [-0.3, -0.25) is 14.9 Å². The van der Waals surface area contributed by atoms with E-state index in [9.17, 15) is 10.1 Å². The highest BCUT2D eigenvalue weighted by molar-refractivity contribution is 7.86. The van der Waals surface area contributed by atoms with Crippen LogP contribution in [0.5, 0.6) is 0 Å². The van der Waals surface area contributed by atoms with Gasteiger partial charge in [0.05, 0.1) is 4.92 Å². The Balaban J connectivity index is 0.00000162. The number of benzene rings is 2. The Morgan fingerprint density at radius 1 is 1.00 bits per heavy atom. The second-order valence-electron chi connectivity index (χ2n) is 3.34. The number of hydrogen-bond donors (Lipinski definition) is 1. The second kappa shape index (κ2) is 6.28. The molecule has 0 bridgehead atoms. The van der Waals surface area contributed by atoms with E-state index in [1.807, 2.05) is 30.3 Å². The third kappa shape index (κ3) is 2.94. The fraction of sp³-hybridized carbons (Fsp3) is 0. The minimum atomic E-state index is -1.02. The van der Waals surface area contributed by atoms with Crippen LogP contribution in [-0.2, 0) is 10.7 Å². The summed E-state index contributed by atoms with van der Waals surface area (Å²) in [6.07, 6.45) is 0. The molecule has 2 aromatic rings. The summed E-state index contributed by atoms with van der Waals surface area (Å²) in [6, 6.07) is 15.6. The predicted octanol–water partition coefficient (Wildman–Crippen LogP) is 3.82. The number of rotatable bonds is 3. The molecule has 0 aliphatic heterocycles. The molecule has 2 rings (SSSR count). The van der Waals surface area contributed by atoms with Gasteiger partial charge in [0.25, 0.3) is 5.69 Å². The van der Waals surface area contributed by atoms with Gasteiger partial charge in [0.2, 0.25) is 0 Å². The number of halogens is 1. The van der Waals surface area contributed by atoms with E-state index in [2.05, 4.69) is 0 Å². The molecule has 6 heteroatoms. The first kappa shape index (κ1) is 14.3. The van der Waals surface area contributed by atoms with Gasteiger partial charge in [-0.05, 0) is 28.9 Å². The molecular formula is C12H11ClN2O2S. The first-order valence-electron chi connectivity index (χ1n) is 4.94. The summed E-state index contributed by atoms with van der Waals surface area (Å²) < 4.78 is 8.11. The zero-order valence-corrected chi connectivity index (χ0v) is 10.9. The highest BCUT2D eigenvalue weighted by atomic mass is 35.5. The summed E-state index contributed by atoms with van der Waals surface area (Å²) in [6.45, 7) is 0. The average Bonchev–Trinajstić information content (AvgIpc) is 2.39. The standard InChI is InChI=1S/C12H10N2O2S.ClH/c13-17(10-6-2-1-3-7-10)12-9-5-4-8-11(12)14(15)16;/h1-9,13H;1H. The molecular weight excluding hydrogens is 272 g/mol. The molecule has 0 fully saturated rings. The normalized spacial score (nSPS) is 11.3. The molecule has 0 aromatic heterocycles. The third-order valence-corrected chi connectivity index (χ3v) is 3.79. The van der Waals surface area contributed by atoms with Crippen molar-refractivity contribution in [3.8, 4) is 0 Å². The molecule has 2 aromatic carbocycles. The summed E-state index contributed by atoms with van der Waals surface area (Å²) >= 11 is 0. The average molecular weight is 283 g/mol. The van der Waals surface area contributed by atoms with Crippen molar-refractivity contribution in [2.24, 2.45) is 0 Å². The molecule has 0 saturated carbocycles. The molecule has 0 radical (unpaired) electrons. The largest absolute Gasteiger partial charge is 0.284 e. The van der Waals surface area contributed by atoms with Crippen LogP contribution in [0.25, 0.3) is 0 Å². The van der Waals surface area contributed by atoms with E-state index in [1.54, 1.807) is 18.2 Å². The second-order valence-corrected chi connectivity index (χ2v) is 4.87. The SMILES string of the molecule is Cl.N=S(c1ccccc1)c1ccccc1[N+](=O)[O-]. The zero-order valence-electron chi connectivity index (χ0n) is 9.28. The Bertz CT molecular complexity index is 575. The number of para-hydroxylation sites is 1. The van der Waals surface area contributed by atoms with Crippen LogP contribution >= 0.6 is 12.4 Å². The molecule has 18 heavy (non-hydrogen) atoms. The number of nitrogens with one attached hydrogen (secondary N) is 1. The van der Waals surface area contributed by atoms with Gasteiger partial charge in [-0.25, -0.2) is 0 Å². The van der Waals surface area contributed by atoms with Gasteiger partial charge in [-0.2, -0.15) is 0 Å². The zero-order chi connectivity index (χ0) is 12.3. The maximum Gasteiger partial charge on any atom is 0.284 e. The summed E-state index contributed by atoms with van der Waals surface area (Å²) in [5.41, 5.74) is 0.00897. The van der Waals surface area contributed by atoms with Gasteiger partial charge < -0.3 is 0 Å². The van der Waals surface area contributed by atoms with E-state index in [4.69, 9.17) is 4.78 Å². The molecule has 1 atom stereocenters. The molecule has 94 valence electrons. The van der Waals surface area contributed by atoms with Gasteiger partial charge in [0.15, 0.2) is 0 Å². The van der Waals surface area contributed by atoms with E-state index in [-0.39, 0.29) is 18.1 Å². The van der Waals surface area contributed by atoms with E-state index in [0.717, 1.165) is 4.90 Å². The molecule has 1 N–H and O–H groups in total. The van der Waals surface area contributed by atoms with Crippen LogP contribution in [-0.4, -0.2) is 4.92 Å². The van der Waals surface area contributed by atoms with Crippen molar-refractivity contribution in [3.63, 3.8) is 0 Å². The first-order chi connectivity index (χ1) is 8.20. The monoisotopic (exact) mass is 282 g/mol. The van der Waals surface area contributed by atoms with E-state index < -0.39 is 15.6 Å². The summed E-state index contributed by atoms with van der Waals surface area (Å²) in [7, 11) is -1.02. The minimum absolute atomic E-state index is 0. The molecule has 0 amide bonds. The van der Waals surface area contributed by atoms with Gasteiger partial charge in [-0.15, -0.1) is 12.4 Å². The van der Waals surface area contributed by atoms with Crippen LogP contribution in [0.2, 0.25) is 0 Å². The van der Waals surface area contributed by atoms with Gasteiger partial charge in [-0.1, -0.05) is 30.3 Å². The summed E-state index contributed by atoms with van der Waals surface area (Å²) in [5, 5.41) is 10.9. The van der Waals surface area contributed by atoms with E-state index in [1.165, 1.54) is 6.07 Å². The molecule has 0 aliphatic carbocycles. The van der Waals surface area contributed by atoms with Gasteiger partial charge >= 0.3 is 0 Å². The van der Waals surface area contributed by atoms with E-state index in [0.29, 0.717) is 4.90 Å². The molecule has 0 spiro atoms. The minimum Gasteiger partial charge on any atom is -0.271 e. The van der Waals surface area contributed by atoms with Crippen LogP contribution in [0.3, 0.4) is 0 Å². The Kier molecular flexibility index (Phi) is 5.00. The Morgan fingerprint density at radius 2 is 1.56 bits per heavy atom. The highest BCUT2D eigenvalue weighted by Crippen LogP contribution is 2.25. The van der Waals surface area contributed by atoms with Crippen molar-refractivity contribution in [2.45, 2.75) is 9.79 Å². The third-order valence-electron chi connectivity index (χ3n) is 2.26. The van der Waals surface area contributed by atoms with Gasteiger partial charge in [0, 0.05) is 11.0 Å². The molecule has 1 unspecified atom stereocenters. The Labute approximate surface area is 113 Å². The van der Waals surface area contributed by atoms with Crippen molar-refractivity contribution in [1.29, 1.82) is 4.78 Å². The smallest absolute Gasteiger partial charge is 0.271 e. The van der Waals surface area contributed by atoms with Crippen LogP contribution in [0.15, 0.2) is 64.4 Å². The van der Waals surface area contributed by atoms with Gasteiger partial charge in [0.1, 0.15) is 4.90 Å². The molecule has 0 heterocycles. The van der Waals surface area contributed by atoms with E-state index >= 15 is 0 Å². The van der Waals surface area contributed by atoms with Crippen LogP contribution in [0, 0.1) is 14.9 Å². The van der Waals surface area contributed by atoms with Crippen LogP contribution in [0.4, 0.5) is 5.69 Å². The van der Waals surface area contributed by atoms with Crippen LogP contribution < -0.4 is 0 Å². The number of nitro groups is 1. The molecule has 0 saturated heterocycles. The van der Waals surface area contributed by atoms with Crippen molar-refractivity contribution in [1.82, 2.24) is 0 Å². The lowest BCUT2D eigenvalue weighted by atomic mass is 10.3. The lowest BCUT2D eigenvalue weighted by Gasteiger charge is -2.05. The summed E-state index contributed by atoms with van der Waals surface area (Å²) in [5.74, 6) is 0. The van der Waals surface area contributed by atoms with Crippen molar-refractivity contribution in [3.05, 3.63) is 64.7 Å². The number of hydrogen-bond acceptors (Lipinski definition) is 3. The van der Waals surface area contributed by atoms with Crippen molar-refractivity contribution in [2.75, 3.05) is 0 Å². The lowest BCUT2D eigenvalue weighted by Crippen LogP contribution is -1.97. The first-order valence-corrected chi connectivity index (χ1v) is 6.16. The molecule has 4 nitrogen and oxygen atoms in total. The lowest BCUT2D eigenvalue weighted by molar-refractivity contribution is -0.387. The predicted molar refractivity (Wildman–Crippen MR) is 73.4 cm³/mol. The Morgan fingerprint density at radius 3 is 2.17 bits per heavy atom. The topological polar surface area (TPSA) is 67.0 Å². The maximum absolute atomic E-state index is 10.9. The number of nitrogens with zero attached hydrogens (tertiary/aromatic N) is 1. The number of nitro benzene ring substituents is 1. The van der Waals surface area contributed by atoms with Crippen molar-refractivity contribution < 1.29 is 4.92 Å². The quantitative estimate of drug-likeness (QED) is 0.687. The van der Waals surface area contributed by atoms with Crippen molar-refractivity contribution >= 4 is 28.8 Å².